The molecule has 0 spiro atoms. The molecule has 0 aliphatic carbocycles. The van der Waals surface area contributed by atoms with Crippen LogP contribution in [0.5, 0.6) is 11.5 Å². The largest absolute Gasteiger partial charge is 0.493 e. The molecular formula is C19H26N4O2. The molecule has 1 heterocycles. The van der Waals surface area contributed by atoms with Gasteiger partial charge in [0.1, 0.15) is 0 Å². The van der Waals surface area contributed by atoms with Crippen LogP contribution in [0.1, 0.15) is 24.6 Å². The van der Waals surface area contributed by atoms with Crippen molar-refractivity contribution >= 4 is 5.96 Å². The minimum Gasteiger partial charge on any atom is -0.493 e. The number of rotatable bonds is 8. The maximum Gasteiger partial charge on any atom is 0.191 e. The fraction of sp³-hybridized carbons (Fsp3) is 0.368. The summed E-state index contributed by atoms with van der Waals surface area (Å²) >= 11 is 0. The molecule has 0 saturated heterocycles. The highest BCUT2D eigenvalue weighted by atomic mass is 16.5. The summed E-state index contributed by atoms with van der Waals surface area (Å²) in [7, 11) is 3.40. The van der Waals surface area contributed by atoms with E-state index in [1.165, 1.54) is 0 Å². The van der Waals surface area contributed by atoms with Crippen LogP contribution in [-0.4, -0.2) is 31.7 Å². The molecule has 6 nitrogen and oxygen atoms in total. The van der Waals surface area contributed by atoms with E-state index in [-0.39, 0.29) is 0 Å². The third-order valence-electron chi connectivity index (χ3n) is 3.54. The number of methoxy groups -OCH3 is 1. The van der Waals surface area contributed by atoms with Crippen molar-refractivity contribution in [2.45, 2.75) is 26.4 Å². The molecule has 25 heavy (non-hydrogen) atoms. The molecule has 0 amide bonds. The second-order valence-electron chi connectivity index (χ2n) is 5.43. The summed E-state index contributed by atoms with van der Waals surface area (Å²) in [6, 6.07) is 11.8. The lowest BCUT2D eigenvalue weighted by molar-refractivity contribution is 0.294. The van der Waals surface area contributed by atoms with E-state index in [2.05, 4.69) is 27.5 Å². The molecule has 0 unspecified atom stereocenters. The van der Waals surface area contributed by atoms with Crippen LogP contribution in [-0.2, 0) is 13.1 Å². The highest BCUT2D eigenvalue weighted by Gasteiger charge is 2.06. The van der Waals surface area contributed by atoms with E-state index in [1.807, 2.05) is 36.4 Å². The van der Waals surface area contributed by atoms with Crippen molar-refractivity contribution in [1.82, 2.24) is 15.6 Å². The normalized spacial score (nSPS) is 11.1. The minimum atomic E-state index is 0.619. The summed E-state index contributed by atoms with van der Waals surface area (Å²) < 4.78 is 11.1. The Hall–Kier alpha value is -2.76. The van der Waals surface area contributed by atoms with Crippen molar-refractivity contribution in [2.75, 3.05) is 20.8 Å². The van der Waals surface area contributed by atoms with E-state index in [4.69, 9.17) is 9.47 Å². The Balaban J connectivity index is 1.90. The van der Waals surface area contributed by atoms with E-state index in [0.717, 1.165) is 35.1 Å². The number of nitrogens with one attached hydrogen (secondary N) is 2. The van der Waals surface area contributed by atoms with Gasteiger partial charge in [-0.05, 0) is 36.2 Å². The van der Waals surface area contributed by atoms with Gasteiger partial charge in [0.2, 0.25) is 0 Å². The van der Waals surface area contributed by atoms with Gasteiger partial charge in [-0.3, -0.25) is 9.98 Å². The number of benzene rings is 1. The predicted octanol–water partition coefficient (Wildman–Crippen LogP) is 2.74. The number of aromatic nitrogens is 1. The first-order valence-corrected chi connectivity index (χ1v) is 8.41. The number of aliphatic imine (C=N–C) groups is 1. The van der Waals surface area contributed by atoms with Gasteiger partial charge >= 0.3 is 0 Å². The third kappa shape index (κ3) is 5.99. The van der Waals surface area contributed by atoms with E-state index >= 15 is 0 Å². The predicted molar refractivity (Wildman–Crippen MR) is 100 cm³/mol. The SMILES string of the molecule is CCCOc1ccc(CNC(=NC)NCc2ccccn2)cc1OC. The maximum absolute atomic E-state index is 5.68. The van der Waals surface area contributed by atoms with Crippen LogP contribution in [0, 0.1) is 0 Å². The Labute approximate surface area is 149 Å². The number of hydrogen-bond donors (Lipinski definition) is 2. The standard InChI is InChI=1S/C19H26N4O2/c1-4-11-25-17-9-8-15(12-18(17)24-3)13-22-19(20-2)23-14-16-7-5-6-10-21-16/h5-10,12H,4,11,13-14H2,1-3H3,(H2,20,22,23). The number of nitrogens with zero attached hydrogens (tertiary/aromatic N) is 2. The zero-order valence-electron chi connectivity index (χ0n) is 15.1. The molecule has 1 aromatic heterocycles. The number of hydrogen-bond acceptors (Lipinski definition) is 4. The molecule has 2 N–H and O–H groups in total. The number of ether oxygens (including phenoxy) is 2. The molecule has 1 aromatic carbocycles. The lowest BCUT2D eigenvalue weighted by Crippen LogP contribution is -2.36. The second kappa shape index (κ2) is 10.2. The molecule has 2 aromatic rings. The minimum absolute atomic E-state index is 0.619. The van der Waals surface area contributed by atoms with Crippen molar-refractivity contribution in [2.24, 2.45) is 4.99 Å². The highest BCUT2D eigenvalue weighted by Crippen LogP contribution is 2.28. The van der Waals surface area contributed by atoms with Gasteiger partial charge in [0, 0.05) is 19.8 Å². The molecular weight excluding hydrogens is 316 g/mol. The van der Waals surface area contributed by atoms with Crippen LogP contribution in [0.2, 0.25) is 0 Å². The first-order chi connectivity index (χ1) is 12.3. The van der Waals surface area contributed by atoms with E-state index in [9.17, 15) is 0 Å². The quantitative estimate of drug-likeness (QED) is 0.570. The first-order valence-electron chi connectivity index (χ1n) is 8.41. The van der Waals surface area contributed by atoms with Crippen molar-refractivity contribution < 1.29 is 9.47 Å². The highest BCUT2D eigenvalue weighted by molar-refractivity contribution is 5.79. The van der Waals surface area contributed by atoms with Gasteiger partial charge in [-0.1, -0.05) is 19.1 Å². The Bertz CT molecular complexity index is 674. The Morgan fingerprint density at radius 1 is 1.12 bits per heavy atom. The van der Waals surface area contributed by atoms with Gasteiger partial charge in [0.15, 0.2) is 17.5 Å². The molecule has 0 aliphatic rings. The Morgan fingerprint density at radius 2 is 1.96 bits per heavy atom. The fourth-order valence-corrected chi connectivity index (χ4v) is 2.24. The van der Waals surface area contributed by atoms with Gasteiger partial charge < -0.3 is 20.1 Å². The van der Waals surface area contributed by atoms with Gasteiger partial charge in [0.25, 0.3) is 0 Å². The molecule has 0 radical (unpaired) electrons. The van der Waals surface area contributed by atoms with Crippen molar-refractivity contribution in [1.29, 1.82) is 0 Å². The summed E-state index contributed by atoms with van der Waals surface area (Å²) in [5.41, 5.74) is 2.05. The summed E-state index contributed by atoms with van der Waals surface area (Å²) in [5.74, 6) is 2.23. The lowest BCUT2D eigenvalue weighted by Gasteiger charge is -2.14. The topological polar surface area (TPSA) is 67.8 Å². The zero-order valence-corrected chi connectivity index (χ0v) is 15.1. The van der Waals surface area contributed by atoms with E-state index in [0.29, 0.717) is 19.7 Å². The van der Waals surface area contributed by atoms with Gasteiger partial charge in [-0.2, -0.15) is 0 Å². The van der Waals surface area contributed by atoms with Crippen LogP contribution in [0.3, 0.4) is 0 Å². The number of guanidine groups is 1. The molecule has 0 atom stereocenters. The van der Waals surface area contributed by atoms with E-state index in [1.54, 1.807) is 20.4 Å². The fourth-order valence-electron chi connectivity index (χ4n) is 2.24. The average Bonchev–Trinajstić information content (AvgIpc) is 2.67. The summed E-state index contributed by atoms with van der Waals surface area (Å²) in [6.45, 7) is 4.01. The van der Waals surface area contributed by atoms with Crippen molar-refractivity contribution in [3.8, 4) is 11.5 Å². The third-order valence-corrected chi connectivity index (χ3v) is 3.54. The number of pyridine rings is 1. The molecule has 0 saturated carbocycles. The van der Waals surface area contributed by atoms with Crippen LogP contribution >= 0.6 is 0 Å². The Morgan fingerprint density at radius 3 is 2.64 bits per heavy atom. The smallest absolute Gasteiger partial charge is 0.191 e. The van der Waals surface area contributed by atoms with Gasteiger partial charge in [0.05, 0.1) is 26.0 Å². The van der Waals surface area contributed by atoms with Gasteiger partial charge in [-0.25, -0.2) is 0 Å². The second-order valence-corrected chi connectivity index (χ2v) is 5.43. The lowest BCUT2D eigenvalue weighted by atomic mass is 10.2. The molecule has 0 fully saturated rings. The van der Waals surface area contributed by atoms with Crippen LogP contribution in [0.15, 0.2) is 47.6 Å². The van der Waals surface area contributed by atoms with Crippen molar-refractivity contribution in [3.05, 3.63) is 53.9 Å². The summed E-state index contributed by atoms with van der Waals surface area (Å²) in [6.07, 6.45) is 2.74. The molecule has 134 valence electrons. The first kappa shape index (κ1) is 18.6. The van der Waals surface area contributed by atoms with E-state index < -0.39 is 0 Å². The van der Waals surface area contributed by atoms with Crippen LogP contribution in [0.25, 0.3) is 0 Å². The zero-order chi connectivity index (χ0) is 17.9. The van der Waals surface area contributed by atoms with Crippen LogP contribution < -0.4 is 20.1 Å². The van der Waals surface area contributed by atoms with Crippen LogP contribution in [0.4, 0.5) is 0 Å². The van der Waals surface area contributed by atoms with Gasteiger partial charge in [-0.15, -0.1) is 0 Å². The Kier molecular flexibility index (Phi) is 7.56. The molecule has 0 aliphatic heterocycles. The molecule has 2 rings (SSSR count). The monoisotopic (exact) mass is 342 g/mol. The molecule has 6 heteroatoms. The summed E-state index contributed by atoms with van der Waals surface area (Å²) in [5, 5.41) is 6.53. The maximum atomic E-state index is 5.68. The molecule has 0 bridgehead atoms. The average molecular weight is 342 g/mol. The summed E-state index contributed by atoms with van der Waals surface area (Å²) in [4.78, 5) is 8.51. The van der Waals surface area contributed by atoms with Crippen molar-refractivity contribution in [3.63, 3.8) is 0 Å².